The van der Waals surface area contributed by atoms with Crippen molar-refractivity contribution < 1.29 is 176 Å². The summed E-state index contributed by atoms with van der Waals surface area (Å²) in [6.07, 6.45) is -13.6. The molecule has 21 N–H and O–H groups in total. The highest BCUT2D eigenvalue weighted by atomic mass is 31.3. The van der Waals surface area contributed by atoms with Gasteiger partial charge in [0.2, 0.25) is 0 Å². The number of H-pyrrole nitrogens is 4. The molecule has 0 radical (unpaired) electrons. The van der Waals surface area contributed by atoms with E-state index in [2.05, 4.69) is 23.0 Å². The van der Waals surface area contributed by atoms with Crippen LogP contribution in [0.15, 0.2) is 118 Å². The van der Waals surface area contributed by atoms with Crippen molar-refractivity contribution in [1.29, 1.82) is 0 Å². The fraction of sp³-hybridized carbons (Fsp3) is 0.564. The summed E-state index contributed by atoms with van der Waals surface area (Å²) in [6, 6.07) is 8.50. The summed E-state index contributed by atoms with van der Waals surface area (Å²) in [5.74, 6) is -15.3. The number of alkyl halides is 4. The molecule has 0 bridgehead atoms. The first-order valence-electron chi connectivity index (χ1n) is 32.0. The number of ether oxygens (including phenoxy) is 5. The van der Waals surface area contributed by atoms with Gasteiger partial charge in [-0.2, -0.15) is 9.40 Å². The number of aliphatic hydroxyl groups is 8. The molecule has 646 valence electrons. The number of aromatic amines is 4. The van der Waals surface area contributed by atoms with Gasteiger partial charge in [-0.1, -0.05) is 18.2 Å². The number of aliphatic carboxylic acids is 1. The minimum Gasteiger partial charge on any atom is -0.480 e. The van der Waals surface area contributed by atoms with Gasteiger partial charge >= 0.3 is 73.7 Å². The van der Waals surface area contributed by atoms with Crippen LogP contribution in [0.5, 0.6) is 5.75 Å². The van der Waals surface area contributed by atoms with Gasteiger partial charge in [0, 0.05) is 49.1 Å². The number of nitrogens with one attached hydrogen (secondary N) is 6. The second-order valence-corrected chi connectivity index (χ2v) is 33.5. The molecule has 1 aromatic carbocycles. The lowest BCUT2D eigenvalue weighted by molar-refractivity contribution is -0.205. The highest BCUT2D eigenvalue weighted by Crippen LogP contribution is 2.59. The van der Waals surface area contributed by atoms with Crippen molar-refractivity contribution in [3.05, 3.63) is 163 Å². The molecular formula is C55H77F4N10O41P5. The first-order valence-corrected chi connectivity index (χ1v) is 39.7. The van der Waals surface area contributed by atoms with E-state index < -0.39 is 236 Å². The summed E-state index contributed by atoms with van der Waals surface area (Å²) in [5.41, 5.74) is -17.0. The number of phosphoric ester groups is 2. The van der Waals surface area contributed by atoms with Gasteiger partial charge in [-0.05, 0) is 67.5 Å². The predicted octanol–water partition coefficient (Wildman–Crippen LogP) is -4.98. The molecule has 8 heterocycles. The van der Waals surface area contributed by atoms with Crippen LogP contribution in [0.1, 0.15) is 80.3 Å². The van der Waals surface area contributed by atoms with Crippen LogP contribution in [0.25, 0.3) is 0 Å². The summed E-state index contributed by atoms with van der Waals surface area (Å²) in [5, 5.41) is 95.1. The van der Waals surface area contributed by atoms with E-state index in [1.165, 1.54) is 19.1 Å². The average molecular weight is 1770 g/mol. The monoisotopic (exact) mass is 1760 g/mol. The number of para-hydroxylation sites is 1. The second kappa shape index (κ2) is 35.6. The summed E-state index contributed by atoms with van der Waals surface area (Å²) in [4.78, 5) is 175. The minimum absolute atomic E-state index is 0.0493. The first kappa shape index (κ1) is 96.4. The molecule has 21 atom stereocenters. The van der Waals surface area contributed by atoms with E-state index in [1.54, 1.807) is 37.1 Å². The number of hydrogen-bond donors (Lipinski definition) is 21. The van der Waals surface area contributed by atoms with E-state index in [9.17, 15) is 125 Å². The molecular weight excluding hydrogens is 1690 g/mol. The Labute approximate surface area is 637 Å². The van der Waals surface area contributed by atoms with Gasteiger partial charge in [0.1, 0.15) is 91.1 Å². The van der Waals surface area contributed by atoms with Crippen molar-refractivity contribution in [2.45, 2.75) is 169 Å². The third-order valence-electron chi connectivity index (χ3n) is 16.2. The lowest BCUT2D eigenvalue weighted by Gasteiger charge is -2.29. The highest BCUT2D eigenvalue weighted by molar-refractivity contribution is 7.60. The van der Waals surface area contributed by atoms with Crippen LogP contribution in [0, 0.1) is 0 Å². The number of carboxylic acid groups (broad SMARTS) is 1. The standard InChI is InChI=1S/C22H29FN3O10P.C13H19FN3O10P.C10H15FN2O12P2.C10H14FN2O9P/c1-13(2)34-17(28)14(3)25-37(32,36-15-8-6-5-7-9-15)33-12-22(23)18(29)21(4,31)19(35-22)26-11-10-16(27)24-20(26)30;1-6(8(19)20)16-28(24,25)26-5-13(14)9(21)12(2,23)10(27-13)17-4-3-7(18)15-11(17)22;1-9(17)6(15)10(11,4-23-27(21,22)25-26(18,19)20)24-7(9)13-3-2-5(14)12-8(13)16;1-9(17)6(15)10(11,4-21-23(18,19)20)22-7(9)13-3-2-5(14)12-8(13)16/h5-11,13-14,18-19,29,31H,12H2,1-4H3,(H,25,32)(H,24,27,30);3-4,6,9-10,21,23H,5H2,1-2H3,(H,19,20)(H,15,18,22)(H2,16,24,25);2-3,6-7,15,17H,4H2,1H3,(H,21,22)(H,12,14,16)(H2,18,19,20);2-3,6-7,15,17H,4H2,1H3,(H,12,14,16)(H2,18,19,20)/t14-,18-,19+,21+,22+,37?;6-,9-,10+,12+,13+;2*6-,7+,9+,10+/m0000/s1. The van der Waals surface area contributed by atoms with Crippen LogP contribution < -0.4 is 59.7 Å². The zero-order valence-corrected chi connectivity index (χ0v) is 64.5. The number of halogens is 4. The Morgan fingerprint density at radius 1 is 0.470 bits per heavy atom. The number of nitrogens with zero attached hydrogens (tertiary/aromatic N) is 4. The summed E-state index contributed by atoms with van der Waals surface area (Å²) in [7, 11) is -25.4. The van der Waals surface area contributed by atoms with E-state index in [0.29, 0.717) is 18.3 Å². The number of rotatable bonds is 27. The minimum atomic E-state index is -5.48. The number of phosphoric acid groups is 3. The molecule has 4 aromatic heterocycles. The molecule has 4 aliphatic heterocycles. The summed E-state index contributed by atoms with van der Waals surface area (Å²) in [6.45, 7) is 3.66. The largest absolute Gasteiger partial charge is 0.481 e. The molecule has 4 fully saturated rings. The molecule has 3 unspecified atom stereocenters. The number of aromatic nitrogens is 8. The number of hydrogen-bond acceptors (Lipinski definition) is 34. The number of carboxylic acids is 1. The molecule has 51 nitrogen and oxygen atoms in total. The number of carbonyl (C=O) groups excluding carboxylic acids is 1. The van der Waals surface area contributed by atoms with Crippen LogP contribution in [-0.2, 0) is 78.5 Å². The molecule has 9 rings (SSSR count). The Kier molecular flexibility index (Phi) is 29.9. The summed E-state index contributed by atoms with van der Waals surface area (Å²) >= 11 is 0. The number of esters is 1. The highest BCUT2D eigenvalue weighted by Gasteiger charge is 2.68. The molecule has 60 heteroatoms. The van der Waals surface area contributed by atoms with E-state index in [0.717, 1.165) is 83.7 Å². The number of benzene rings is 1. The predicted molar refractivity (Wildman–Crippen MR) is 365 cm³/mol. The number of aliphatic hydroxyl groups excluding tert-OH is 4. The molecule has 4 saturated heterocycles. The van der Waals surface area contributed by atoms with Crippen molar-refractivity contribution >= 4 is 50.9 Å². The van der Waals surface area contributed by atoms with Crippen LogP contribution >= 0.6 is 39.0 Å². The van der Waals surface area contributed by atoms with Crippen molar-refractivity contribution in [2.75, 3.05) is 26.4 Å². The van der Waals surface area contributed by atoms with Gasteiger partial charge in [-0.25, -0.2) is 64.7 Å². The molecule has 0 spiro atoms. The lowest BCUT2D eigenvalue weighted by atomic mass is 9.95. The molecule has 0 saturated carbocycles. The van der Waals surface area contributed by atoms with Gasteiger partial charge in [0.15, 0.2) is 24.9 Å². The Morgan fingerprint density at radius 3 is 1.06 bits per heavy atom. The second-order valence-electron chi connectivity index (χ2n) is 26.2. The van der Waals surface area contributed by atoms with Gasteiger partial charge in [0.05, 0.1) is 6.10 Å². The lowest BCUT2D eigenvalue weighted by Crippen LogP contribution is -2.50. The maximum absolute atomic E-state index is 15.8. The third kappa shape index (κ3) is 23.7. The maximum Gasteiger partial charge on any atom is 0.481 e. The Balaban J connectivity index is 0.000000242. The van der Waals surface area contributed by atoms with Crippen molar-refractivity contribution in [3.63, 3.8) is 0 Å². The van der Waals surface area contributed by atoms with E-state index in [-0.39, 0.29) is 5.75 Å². The smallest absolute Gasteiger partial charge is 0.480 e. The zero-order valence-electron chi connectivity index (χ0n) is 60.0. The zero-order chi connectivity index (χ0) is 87.6. The van der Waals surface area contributed by atoms with Crippen molar-refractivity contribution in [3.8, 4) is 5.75 Å². The quantitative estimate of drug-likeness (QED) is 0.0133. The normalized spacial score (nSPS) is 32.0. The average Bonchev–Trinajstić information content (AvgIpc) is 1.61. The van der Waals surface area contributed by atoms with Crippen molar-refractivity contribution in [2.24, 2.45) is 0 Å². The van der Waals surface area contributed by atoms with E-state index >= 15 is 8.78 Å². The van der Waals surface area contributed by atoms with Gasteiger partial charge in [-0.3, -0.25) is 85.1 Å². The SMILES string of the molecule is CC(C)OC(=O)[C@H](C)NP(=O)(OC[C@@]1(F)O[C@@H](n2ccc(=O)[nH]c2=O)[C@](C)(O)[C@@H]1O)Oc1ccccc1.C[C@H](NP(=O)(O)OC[C@@]1(F)O[C@@H](n2ccc(=O)[nH]c2=O)[C@](C)(O)[C@@H]1O)C(=O)O.C[C@]1(O)[C@H](n2ccc(=O)[nH]c2=O)O[C@](F)(COP(=O)(O)O)[C@H]1O.C[C@]1(O)[C@H](n2ccc(=O)[nH]c2=O)O[C@](F)(COP(=O)(O)OP(=O)(O)O)[C@H]1O. The Morgan fingerprint density at radius 2 is 0.774 bits per heavy atom. The molecule has 5 aromatic rings. The molecule has 4 aliphatic rings. The topological polar surface area (TPSA) is 768 Å². The van der Waals surface area contributed by atoms with Gasteiger partial charge < -0.3 is 104 Å². The molecule has 0 amide bonds. The molecule has 115 heavy (non-hydrogen) atoms. The Bertz CT molecular complexity index is 5090. The third-order valence-corrected chi connectivity index (χ3v) is 21.6. The van der Waals surface area contributed by atoms with Crippen molar-refractivity contribution in [1.82, 2.24) is 48.4 Å². The first-order chi connectivity index (χ1) is 52.3. The number of carbonyl (C=O) groups is 2. The van der Waals surface area contributed by atoms with Crippen LogP contribution in [-0.4, -0.2) is 240 Å². The van der Waals surface area contributed by atoms with Crippen LogP contribution in [0.3, 0.4) is 0 Å². The van der Waals surface area contributed by atoms with E-state index in [1.807, 2.05) is 19.9 Å². The van der Waals surface area contributed by atoms with E-state index in [4.69, 9.17) is 62.3 Å². The van der Waals surface area contributed by atoms with Gasteiger partial charge in [0.25, 0.3) is 45.7 Å². The van der Waals surface area contributed by atoms with Crippen LogP contribution in [0.4, 0.5) is 17.6 Å². The fourth-order valence-corrected chi connectivity index (χ4v) is 15.0. The molecule has 0 aliphatic carbocycles. The summed E-state index contributed by atoms with van der Waals surface area (Å²) < 4.78 is 172. The van der Waals surface area contributed by atoms with Gasteiger partial charge in [-0.15, -0.1) is 0 Å². The maximum atomic E-state index is 15.8. The van der Waals surface area contributed by atoms with Crippen LogP contribution in [0.2, 0.25) is 0 Å². The fourth-order valence-electron chi connectivity index (χ4n) is 10.5. The Hall–Kier alpha value is -7.45.